The van der Waals surface area contributed by atoms with E-state index in [1.807, 2.05) is 31.2 Å². The molecule has 2 heterocycles. The minimum Gasteiger partial charge on any atom is -0.310 e. The molecule has 4 rings (SSSR count). The highest BCUT2D eigenvalue weighted by Gasteiger charge is 2.25. The van der Waals surface area contributed by atoms with E-state index >= 15 is 0 Å². The Hall–Kier alpha value is -2.62. The number of sulfonamides is 1. The summed E-state index contributed by atoms with van der Waals surface area (Å²) in [4.78, 5) is 0. The van der Waals surface area contributed by atoms with Crippen molar-refractivity contribution in [3.05, 3.63) is 71.4 Å². The number of nitrogens with zero attached hydrogens (tertiary/aromatic N) is 3. The zero-order chi connectivity index (χ0) is 22.9. The van der Waals surface area contributed by atoms with E-state index in [1.54, 1.807) is 6.20 Å². The Morgan fingerprint density at radius 2 is 1.84 bits per heavy atom. The number of benzene rings is 2. The average molecular weight is 461 g/mol. The fourth-order valence-electron chi connectivity index (χ4n) is 4.04. The number of rotatable bonds is 6. The molecule has 0 saturated carbocycles. The van der Waals surface area contributed by atoms with Crippen LogP contribution in [0.1, 0.15) is 24.0 Å². The van der Waals surface area contributed by atoms with Crippen molar-refractivity contribution in [3.63, 3.8) is 0 Å². The van der Waals surface area contributed by atoms with Gasteiger partial charge in [-0.25, -0.2) is 26.2 Å². The van der Waals surface area contributed by atoms with Crippen molar-refractivity contribution in [3.8, 4) is 16.9 Å². The Balaban J connectivity index is 1.59. The molecule has 6 nitrogen and oxygen atoms in total. The molecule has 1 saturated heterocycles. The van der Waals surface area contributed by atoms with Gasteiger partial charge in [0.2, 0.25) is 10.0 Å². The Morgan fingerprint density at radius 1 is 1.12 bits per heavy atom. The monoisotopic (exact) mass is 460 g/mol. The third-order valence-corrected chi connectivity index (χ3v) is 7.15. The summed E-state index contributed by atoms with van der Waals surface area (Å²) in [6.07, 6.45) is 4.43. The van der Waals surface area contributed by atoms with Crippen LogP contribution in [0.5, 0.6) is 0 Å². The predicted octanol–water partition coefficient (Wildman–Crippen LogP) is 3.64. The zero-order valence-electron chi connectivity index (χ0n) is 18.1. The van der Waals surface area contributed by atoms with Gasteiger partial charge in [0.25, 0.3) is 0 Å². The Labute approximate surface area is 186 Å². The van der Waals surface area contributed by atoms with Crippen LogP contribution in [0.25, 0.3) is 16.9 Å². The summed E-state index contributed by atoms with van der Waals surface area (Å²) >= 11 is 0. The van der Waals surface area contributed by atoms with E-state index in [0.717, 1.165) is 28.5 Å². The highest BCUT2D eigenvalue weighted by atomic mass is 32.2. The van der Waals surface area contributed by atoms with Crippen molar-refractivity contribution < 1.29 is 17.2 Å². The van der Waals surface area contributed by atoms with Crippen LogP contribution in [-0.2, 0) is 16.6 Å². The van der Waals surface area contributed by atoms with Crippen LogP contribution >= 0.6 is 0 Å². The lowest BCUT2D eigenvalue weighted by Crippen LogP contribution is -2.44. The lowest BCUT2D eigenvalue weighted by Gasteiger charge is -2.30. The van der Waals surface area contributed by atoms with E-state index in [-0.39, 0.29) is 11.7 Å². The normalized spacial score (nSPS) is 15.9. The number of hydrogen-bond donors (Lipinski definition) is 1. The Morgan fingerprint density at radius 3 is 2.50 bits per heavy atom. The quantitative estimate of drug-likeness (QED) is 0.610. The molecule has 0 spiro atoms. The molecule has 9 heteroatoms. The van der Waals surface area contributed by atoms with Crippen molar-refractivity contribution in [2.24, 2.45) is 0 Å². The lowest BCUT2D eigenvalue weighted by atomic mass is 10.0. The van der Waals surface area contributed by atoms with Crippen LogP contribution in [0.4, 0.5) is 8.78 Å². The van der Waals surface area contributed by atoms with Crippen molar-refractivity contribution in [1.82, 2.24) is 19.4 Å². The van der Waals surface area contributed by atoms with Gasteiger partial charge in [0.05, 0.1) is 11.9 Å². The van der Waals surface area contributed by atoms with E-state index in [2.05, 4.69) is 10.4 Å². The van der Waals surface area contributed by atoms with Gasteiger partial charge >= 0.3 is 0 Å². The van der Waals surface area contributed by atoms with Crippen molar-refractivity contribution >= 4 is 10.0 Å². The predicted molar refractivity (Wildman–Crippen MR) is 120 cm³/mol. The second-order valence-electron chi connectivity index (χ2n) is 8.18. The summed E-state index contributed by atoms with van der Waals surface area (Å²) in [5, 5.41) is 8.14. The third kappa shape index (κ3) is 4.90. The van der Waals surface area contributed by atoms with E-state index in [9.17, 15) is 17.2 Å². The molecule has 1 N–H and O–H groups in total. The molecule has 0 atom stereocenters. The highest BCUT2D eigenvalue weighted by Crippen LogP contribution is 2.28. The zero-order valence-corrected chi connectivity index (χ0v) is 18.9. The molecule has 2 aromatic carbocycles. The number of hydrogen-bond acceptors (Lipinski definition) is 4. The number of aromatic nitrogens is 2. The van der Waals surface area contributed by atoms with E-state index in [1.165, 1.54) is 27.4 Å². The molecule has 3 aromatic rings. The second-order valence-corrected chi connectivity index (χ2v) is 10.2. The first-order valence-corrected chi connectivity index (χ1v) is 12.4. The van der Waals surface area contributed by atoms with E-state index < -0.39 is 21.7 Å². The topological polar surface area (TPSA) is 67.2 Å². The minimum atomic E-state index is -3.17. The maximum atomic E-state index is 14.4. The van der Waals surface area contributed by atoms with Crippen molar-refractivity contribution in [2.45, 2.75) is 32.4 Å². The molecule has 0 amide bonds. The first kappa shape index (κ1) is 22.6. The van der Waals surface area contributed by atoms with Crippen molar-refractivity contribution in [1.29, 1.82) is 0 Å². The molecule has 0 unspecified atom stereocenters. The van der Waals surface area contributed by atoms with Gasteiger partial charge in [-0.2, -0.15) is 5.10 Å². The third-order valence-electron chi connectivity index (χ3n) is 5.85. The molecule has 1 aliphatic heterocycles. The molecule has 0 radical (unpaired) electrons. The van der Waals surface area contributed by atoms with E-state index in [0.29, 0.717) is 32.5 Å². The molecule has 32 heavy (non-hydrogen) atoms. The summed E-state index contributed by atoms with van der Waals surface area (Å²) in [5.74, 6) is -1.32. The minimum absolute atomic E-state index is 0.170. The lowest BCUT2D eigenvalue weighted by molar-refractivity contribution is 0.290. The van der Waals surface area contributed by atoms with Crippen LogP contribution in [-0.4, -0.2) is 47.9 Å². The largest absolute Gasteiger partial charge is 0.310 e. The van der Waals surface area contributed by atoms with Crippen LogP contribution in [0.2, 0.25) is 0 Å². The second kappa shape index (κ2) is 9.09. The maximum Gasteiger partial charge on any atom is 0.211 e. The Bertz CT molecular complexity index is 1220. The van der Waals surface area contributed by atoms with Crippen LogP contribution < -0.4 is 5.32 Å². The number of halogens is 2. The van der Waals surface area contributed by atoms with Crippen molar-refractivity contribution in [2.75, 3.05) is 19.3 Å². The van der Waals surface area contributed by atoms with Gasteiger partial charge in [-0.1, -0.05) is 24.3 Å². The maximum absolute atomic E-state index is 14.4. The van der Waals surface area contributed by atoms with Gasteiger partial charge in [0.15, 0.2) is 5.82 Å². The van der Waals surface area contributed by atoms with Gasteiger partial charge in [0, 0.05) is 49.1 Å². The highest BCUT2D eigenvalue weighted by molar-refractivity contribution is 7.88. The summed E-state index contributed by atoms with van der Waals surface area (Å²) in [5.41, 5.74) is 3.77. The number of nitrogens with one attached hydrogen (secondary N) is 1. The fraction of sp³-hybridized carbons (Fsp3) is 0.348. The van der Waals surface area contributed by atoms with Gasteiger partial charge < -0.3 is 5.32 Å². The van der Waals surface area contributed by atoms with Gasteiger partial charge in [0.1, 0.15) is 11.5 Å². The molecule has 0 aliphatic carbocycles. The first-order valence-electron chi connectivity index (χ1n) is 10.5. The summed E-state index contributed by atoms with van der Waals surface area (Å²) in [7, 11) is -3.17. The van der Waals surface area contributed by atoms with Crippen LogP contribution in [0.15, 0.2) is 48.7 Å². The summed E-state index contributed by atoms with van der Waals surface area (Å²) in [6, 6.07) is 11.4. The molecule has 1 fully saturated rings. The van der Waals surface area contributed by atoms with E-state index in [4.69, 9.17) is 0 Å². The summed E-state index contributed by atoms with van der Waals surface area (Å²) < 4.78 is 54.2. The standard InChI is InChI=1S/C23H26F2N4O2S/c1-16-5-3-4-6-20(16)23-17(14-26-19-9-11-28(12-10-19)32(2,30)31)15-29(27-23)22-8-7-18(24)13-21(22)25/h3-8,13,15,19,26H,9-12,14H2,1-2H3. The average Bonchev–Trinajstić information content (AvgIpc) is 3.16. The molecule has 0 bridgehead atoms. The van der Waals surface area contributed by atoms with Gasteiger partial charge in [-0.15, -0.1) is 0 Å². The molecule has 1 aliphatic rings. The number of aryl methyl sites for hydroxylation is 1. The first-order chi connectivity index (χ1) is 15.2. The fourth-order valence-corrected chi connectivity index (χ4v) is 4.91. The smallest absolute Gasteiger partial charge is 0.211 e. The SMILES string of the molecule is Cc1ccccc1-c1nn(-c2ccc(F)cc2F)cc1CNC1CCN(S(C)(=O)=O)CC1. The Kier molecular flexibility index (Phi) is 6.41. The van der Waals surface area contributed by atoms with Gasteiger partial charge in [-0.3, -0.25) is 0 Å². The molecule has 170 valence electrons. The molecule has 1 aromatic heterocycles. The molecular formula is C23H26F2N4O2S. The van der Waals surface area contributed by atoms with Crippen LogP contribution in [0.3, 0.4) is 0 Å². The summed E-state index contributed by atoms with van der Waals surface area (Å²) in [6.45, 7) is 3.46. The van der Waals surface area contributed by atoms with Crippen LogP contribution in [0, 0.1) is 18.6 Å². The van der Waals surface area contributed by atoms with Gasteiger partial charge in [-0.05, 0) is 37.5 Å². The molecular weight excluding hydrogens is 434 g/mol. The number of piperidine rings is 1.